The summed E-state index contributed by atoms with van der Waals surface area (Å²) < 4.78 is 27.6. The maximum absolute atomic E-state index is 12.5. The molecular formula is C19H25N5O4S. The van der Waals surface area contributed by atoms with Crippen molar-refractivity contribution in [2.24, 2.45) is 0 Å². The second kappa shape index (κ2) is 7.96. The van der Waals surface area contributed by atoms with E-state index in [1.165, 1.54) is 12.1 Å². The van der Waals surface area contributed by atoms with Crippen LogP contribution in [0.25, 0.3) is 0 Å². The highest BCUT2D eigenvalue weighted by molar-refractivity contribution is 7.89. The lowest BCUT2D eigenvalue weighted by Crippen LogP contribution is -2.47. The van der Waals surface area contributed by atoms with Crippen molar-refractivity contribution in [3.63, 3.8) is 0 Å². The van der Waals surface area contributed by atoms with Crippen LogP contribution in [-0.4, -0.2) is 50.0 Å². The molecule has 1 aromatic heterocycles. The van der Waals surface area contributed by atoms with Gasteiger partial charge in [0.2, 0.25) is 10.0 Å². The molecule has 0 unspecified atom stereocenters. The van der Waals surface area contributed by atoms with Crippen molar-refractivity contribution in [2.75, 3.05) is 36.0 Å². The van der Waals surface area contributed by atoms with Gasteiger partial charge >= 0.3 is 0 Å². The van der Waals surface area contributed by atoms with Crippen LogP contribution in [0.2, 0.25) is 0 Å². The number of rotatable bonds is 5. The number of anilines is 2. The molecule has 0 radical (unpaired) electrons. The lowest BCUT2D eigenvalue weighted by molar-refractivity contribution is -0.384. The van der Waals surface area contributed by atoms with Gasteiger partial charge in [-0.3, -0.25) is 10.1 Å². The van der Waals surface area contributed by atoms with Crippen LogP contribution in [0.15, 0.2) is 47.5 Å². The number of benzene rings is 1. The van der Waals surface area contributed by atoms with Crippen molar-refractivity contribution in [2.45, 2.75) is 31.2 Å². The fourth-order valence-corrected chi connectivity index (χ4v) is 4.70. The number of nitro benzene ring substituents is 1. The van der Waals surface area contributed by atoms with Crippen molar-refractivity contribution in [1.29, 1.82) is 0 Å². The van der Waals surface area contributed by atoms with Crippen molar-refractivity contribution in [1.82, 2.24) is 9.71 Å². The number of hydrogen-bond acceptors (Lipinski definition) is 7. The Hall–Kier alpha value is -2.72. The van der Waals surface area contributed by atoms with Crippen LogP contribution < -0.4 is 14.5 Å². The third kappa shape index (κ3) is 5.01. The second-order valence-corrected chi connectivity index (χ2v) is 9.61. The van der Waals surface area contributed by atoms with E-state index in [4.69, 9.17) is 0 Å². The number of sulfonamides is 1. The van der Waals surface area contributed by atoms with E-state index in [0.717, 1.165) is 11.9 Å². The van der Waals surface area contributed by atoms with Crippen LogP contribution in [-0.2, 0) is 10.0 Å². The first-order valence-electron chi connectivity index (χ1n) is 9.30. The van der Waals surface area contributed by atoms with Gasteiger partial charge in [0.25, 0.3) is 5.69 Å². The molecule has 0 bridgehead atoms. The zero-order chi connectivity index (χ0) is 21.2. The molecule has 0 aliphatic carbocycles. The quantitative estimate of drug-likeness (QED) is 0.585. The summed E-state index contributed by atoms with van der Waals surface area (Å²) in [5.74, 6) is 0.872. The van der Waals surface area contributed by atoms with Gasteiger partial charge in [-0.2, -0.15) is 0 Å². The average molecular weight is 420 g/mol. The van der Waals surface area contributed by atoms with Gasteiger partial charge in [-0.25, -0.2) is 18.1 Å². The monoisotopic (exact) mass is 419 g/mol. The SMILES string of the molecule is CC(C)(C)NS(=O)(=O)c1ccc(N2CCN(c3ccccn3)CC2)c([N+](=O)[O-])c1. The number of nitro groups is 1. The minimum Gasteiger partial charge on any atom is -0.362 e. The number of hydrogen-bond donors (Lipinski definition) is 1. The average Bonchev–Trinajstić information content (AvgIpc) is 2.66. The van der Waals surface area contributed by atoms with Crippen LogP contribution in [0.1, 0.15) is 20.8 Å². The summed E-state index contributed by atoms with van der Waals surface area (Å²) in [6.45, 7) is 7.63. The van der Waals surface area contributed by atoms with Crippen molar-refractivity contribution < 1.29 is 13.3 Å². The van der Waals surface area contributed by atoms with E-state index in [2.05, 4.69) is 14.6 Å². The summed E-state index contributed by atoms with van der Waals surface area (Å²) in [5, 5.41) is 11.7. The summed E-state index contributed by atoms with van der Waals surface area (Å²) in [7, 11) is -3.86. The van der Waals surface area contributed by atoms with Gasteiger partial charge in [0.1, 0.15) is 11.5 Å². The fraction of sp³-hybridized carbons (Fsp3) is 0.421. The lowest BCUT2D eigenvalue weighted by Gasteiger charge is -2.36. The third-order valence-corrected chi connectivity index (χ3v) is 6.24. The highest BCUT2D eigenvalue weighted by Gasteiger charge is 2.28. The molecule has 0 atom stereocenters. The first-order valence-corrected chi connectivity index (χ1v) is 10.8. The largest absolute Gasteiger partial charge is 0.362 e. The topological polar surface area (TPSA) is 109 Å². The molecule has 0 saturated carbocycles. The van der Waals surface area contributed by atoms with E-state index >= 15 is 0 Å². The zero-order valence-corrected chi connectivity index (χ0v) is 17.5. The van der Waals surface area contributed by atoms with Gasteiger partial charge in [0.05, 0.1) is 9.82 Å². The number of nitrogens with one attached hydrogen (secondary N) is 1. The van der Waals surface area contributed by atoms with Crippen molar-refractivity contribution in [3.05, 3.63) is 52.7 Å². The lowest BCUT2D eigenvalue weighted by atomic mass is 10.1. The highest BCUT2D eigenvalue weighted by Crippen LogP contribution is 2.32. The van der Waals surface area contributed by atoms with E-state index in [1.807, 2.05) is 23.1 Å². The van der Waals surface area contributed by atoms with E-state index in [1.54, 1.807) is 27.0 Å². The van der Waals surface area contributed by atoms with E-state index in [9.17, 15) is 18.5 Å². The van der Waals surface area contributed by atoms with Crippen LogP contribution in [0.4, 0.5) is 17.2 Å². The van der Waals surface area contributed by atoms with Gasteiger partial charge in [-0.1, -0.05) is 6.07 Å². The molecule has 2 aromatic rings. The van der Waals surface area contributed by atoms with E-state index in [0.29, 0.717) is 31.9 Å². The molecular weight excluding hydrogens is 394 g/mol. The Labute approximate surface area is 170 Å². The summed E-state index contributed by atoms with van der Waals surface area (Å²) >= 11 is 0. The van der Waals surface area contributed by atoms with Crippen LogP contribution in [0.5, 0.6) is 0 Å². The van der Waals surface area contributed by atoms with Gasteiger partial charge < -0.3 is 9.80 Å². The molecule has 1 saturated heterocycles. The van der Waals surface area contributed by atoms with Crippen LogP contribution >= 0.6 is 0 Å². The Bertz CT molecular complexity index is 981. The maximum Gasteiger partial charge on any atom is 0.293 e. The molecule has 1 fully saturated rings. The fourth-order valence-electron chi connectivity index (χ4n) is 3.26. The minimum absolute atomic E-state index is 0.116. The third-order valence-electron chi connectivity index (χ3n) is 4.49. The number of aromatic nitrogens is 1. The molecule has 3 rings (SSSR count). The molecule has 2 heterocycles. The number of pyridine rings is 1. The predicted octanol–water partition coefficient (Wildman–Crippen LogP) is 2.39. The highest BCUT2D eigenvalue weighted by atomic mass is 32.2. The van der Waals surface area contributed by atoms with Gasteiger partial charge in [-0.15, -0.1) is 0 Å². The molecule has 29 heavy (non-hydrogen) atoms. The predicted molar refractivity (Wildman–Crippen MR) is 112 cm³/mol. The standard InChI is InChI=1S/C19H25N5O4S/c1-19(2,3)21-29(27,28)15-7-8-16(17(14-15)24(25)26)22-10-12-23(13-11-22)18-6-4-5-9-20-18/h4-9,14,21H,10-13H2,1-3H3. The Morgan fingerprint density at radius 3 is 2.28 bits per heavy atom. The molecule has 9 nitrogen and oxygen atoms in total. The Kier molecular flexibility index (Phi) is 5.76. The summed E-state index contributed by atoms with van der Waals surface area (Å²) in [6.07, 6.45) is 1.73. The normalized spacial score (nSPS) is 15.4. The van der Waals surface area contributed by atoms with E-state index in [-0.39, 0.29) is 10.6 Å². The van der Waals surface area contributed by atoms with Crippen molar-refractivity contribution in [3.8, 4) is 0 Å². The molecule has 10 heteroatoms. The first-order chi connectivity index (χ1) is 13.6. The molecule has 1 aromatic carbocycles. The molecule has 156 valence electrons. The Morgan fingerprint density at radius 1 is 1.07 bits per heavy atom. The molecule has 0 amide bonds. The molecule has 1 aliphatic rings. The maximum atomic E-state index is 12.5. The number of nitrogens with zero attached hydrogens (tertiary/aromatic N) is 4. The summed E-state index contributed by atoms with van der Waals surface area (Å²) in [4.78, 5) is 19.4. The van der Waals surface area contributed by atoms with E-state index < -0.39 is 20.5 Å². The summed E-state index contributed by atoms with van der Waals surface area (Å²) in [6, 6.07) is 9.78. The van der Waals surface area contributed by atoms with Crippen LogP contribution in [0, 0.1) is 10.1 Å². The van der Waals surface area contributed by atoms with Gasteiger partial charge in [-0.05, 0) is 45.0 Å². The van der Waals surface area contributed by atoms with Gasteiger partial charge in [0, 0.05) is 44.0 Å². The summed E-state index contributed by atoms with van der Waals surface area (Å²) in [5.41, 5.74) is -0.480. The van der Waals surface area contributed by atoms with Crippen molar-refractivity contribution >= 4 is 27.2 Å². The minimum atomic E-state index is -3.86. The Balaban J connectivity index is 1.83. The van der Waals surface area contributed by atoms with Crippen LogP contribution in [0.3, 0.4) is 0 Å². The molecule has 1 aliphatic heterocycles. The molecule has 0 spiro atoms. The molecule has 1 N–H and O–H groups in total. The zero-order valence-electron chi connectivity index (χ0n) is 16.7. The Morgan fingerprint density at radius 2 is 1.72 bits per heavy atom. The second-order valence-electron chi connectivity index (χ2n) is 7.93. The van der Waals surface area contributed by atoms with Gasteiger partial charge in [0.15, 0.2) is 0 Å². The first kappa shape index (κ1) is 21.0. The smallest absolute Gasteiger partial charge is 0.293 e. The number of piperazine rings is 1.